The first-order valence-corrected chi connectivity index (χ1v) is 7.58. The predicted molar refractivity (Wildman–Crippen MR) is 79.0 cm³/mol. The van der Waals surface area contributed by atoms with Crippen LogP contribution in [-0.2, 0) is 6.54 Å². The molecule has 0 unspecified atom stereocenters. The number of phenolic OH excluding ortho intramolecular Hbond substituents is 1. The van der Waals surface area contributed by atoms with Crippen LogP contribution >= 0.6 is 43.2 Å². The lowest BCUT2D eigenvalue weighted by Crippen LogP contribution is -2.22. The molecule has 0 aliphatic rings. The summed E-state index contributed by atoms with van der Waals surface area (Å²) >= 11 is 7.99. The number of halogens is 2. The highest BCUT2D eigenvalue weighted by molar-refractivity contribution is 9.11. The lowest BCUT2D eigenvalue weighted by atomic mass is 10.2. The summed E-state index contributed by atoms with van der Waals surface area (Å²) in [6, 6.07) is 5.14. The maximum absolute atomic E-state index is 11.9. The third-order valence-electron chi connectivity index (χ3n) is 2.31. The molecule has 0 atom stereocenters. The largest absolute Gasteiger partial charge is 0.506 e. The summed E-state index contributed by atoms with van der Waals surface area (Å²) in [5.74, 6) is -0.0908. The molecule has 0 bridgehead atoms. The normalized spacial score (nSPS) is 10.3. The Hall–Kier alpha value is -0.850. The zero-order chi connectivity index (χ0) is 13.1. The highest BCUT2D eigenvalue weighted by Gasteiger charge is 2.11. The summed E-state index contributed by atoms with van der Waals surface area (Å²) in [5, 5.41) is 16.3. The van der Waals surface area contributed by atoms with E-state index in [0.717, 1.165) is 5.56 Å². The van der Waals surface area contributed by atoms with Crippen LogP contribution in [0.25, 0.3) is 0 Å². The van der Waals surface area contributed by atoms with Crippen molar-refractivity contribution in [2.24, 2.45) is 0 Å². The predicted octanol–water partition coefficient (Wildman–Crippen LogP) is 3.91. The Morgan fingerprint density at radius 2 is 2.00 bits per heavy atom. The SMILES string of the molecule is O=C(NCc1ccsc1)c1cc(Br)c(O)c(Br)c1. The van der Waals surface area contributed by atoms with E-state index in [1.165, 1.54) is 0 Å². The number of thiophene rings is 1. The first-order valence-electron chi connectivity index (χ1n) is 5.05. The fourth-order valence-corrected chi connectivity index (χ4v) is 3.23. The van der Waals surface area contributed by atoms with Crippen molar-refractivity contribution in [1.29, 1.82) is 0 Å². The molecule has 0 fully saturated rings. The number of rotatable bonds is 3. The Morgan fingerprint density at radius 1 is 1.33 bits per heavy atom. The van der Waals surface area contributed by atoms with Gasteiger partial charge in [-0.3, -0.25) is 4.79 Å². The number of hydrogen-bond donors (Lipinski definition) is 2. The van der Waals surface area contributed by atoms with Crippen LogP contribution in [0.3, 0.4) is 0 Å². The molecule has 0 radical (unpaired) electrons. The van der Waals surface area contributed by atoms with E-state index >= 15 is 0 Å². The number of hydrogen-bond acceptors (Lipinski definition) is 3. The summed E-state index contributed by atoms with van der Waals surface area (Å²) in [4.78, 5) is 11.9. The van der Waals surface area contributed by atoms with Gasteiger partial charge in [-0.15, -0.1) is 0 Å². The van der Waals surface area contributed by atoms with Gasteiger partial charge in [0.15, 0.2) is 0 Å². The monoisotopic (exact) mass is 389 g/mol. The smallest absolute Gasteiger partial charge is 0.251 e. The number of aromatic hydroxyl groups is 1. The van der Waals surface area contributed by atoms with Gasteiger partial charge in [-0.2, -0.15) is 11.3 Å². The Labute approximate surface area is 125 Å². The number of benzene rings is 1. The molecular formula is C12H9Br2NO2S. The Balaban J connectivity index is 2.09. The van der Waals surface area contributed by atoms with E-state index in [4.69, 9.17) is 0 Å². The molecule has 2 rings (SSSR count). The zero-order valence-electron chi connectivity index (χ0n) is 9.11. The van der Waals surface area contributed by atoms with Crippen molar-refractivity contribution >= 4 is 49.1 Å². The van der Waals surface area contributed by atoms with Gasteiger partial charge in [0, 0.05) is 12.1 Å². The van der Waals surface area contributed by atoms with Crippen molar-refractivity contribution in [3.63, 3.8) is 0 Å². The van der Waals surface area contributed by atoms with E-state index in [0.29, 0.717) is 21.1 Å². The lowest BCUT2D eigenvalue weighted by Gasteiger charge is -2.07. The molecule has 6 heteroatoms. The second-order valence-electron chi connectivity index (χ2n) is 3.60. The van der Waals surface area contributed by atoms with Crippen molar-refractivity contribution in [2.75, 3.05) is 0 Å². The van der Waals surface area contributed by atoms with Crippen molar-refractivity contribution in [2.45, 2.75) is 6.54 Å². The van der Waals surface area contributed by atoms with Crippen LogP contribution in [0.2, 0.25) is 0 Å². The van der Waals surface area contributed by atoms with E-state index < -0.39 is 0 Å². The standard InChI is InChI=1S/C12H9Br2NO2S/c13-9-3-8(4-10(14)11(9)16)12(17)15-5-7-1-2-18-6-7/h1-4,6,16H,5H2,(H,15,17). The maximum atomic E-state index is 11.9. The quantitative estimate of drug-likeness (QED) is 0.834. The van der Waals surface area contributed by atoms with Crippen LogP contribution < -0.4 is 5.32 Å². The third-order valence-corrected chi connectivity index (χ3v) is 4.25. The Kier molecular flexibility index (Phi) is 4.42. The first-order chi connectivity index (χ1) is 8.58. The Bertz CT molecular complexity index is 546. The summed E-state index contributed by atoms with van der Waals surface area (Å²) in [6.45, 7) is 0.498. The van der Waals surface area contributed by atoms with Gasteiger partial charge in [-0.05, 0) is 66.4 Å². The van der Waals surface area contributed by atoms with Gasteiger partial charge in [-0.25, -0.2) is 0 Å². The minimum Gasteiger partial charge on any atom is -0.506 e. The van der Waals surface area contributed by atoms with E-state index in [9.17, 15) is 9.90 Å². The number of carbonyl (C=O) groups excluding carboxylic acids is 1. The van der Waals surface area contributed by atoms with Gasteiger partial charge in [-0.1, -0.05) is 0 Å². The van der Waals surface area contributed by atoms with Crippen LogP contribution in [-0.4, -0.2) is 11.0 Å². The van der Waals surface area contributed by atoms with Crippen LogP contribution in [0, 0.1) is 0 Å². The summed E-state index contributed by atoms with van der Waals surface area (Å²) in [7, 11) is 0. The second-order valence-corrected chi connectivity index (χ2v) is 6.09. The Morgan fingerprint density at radius 3 is 2.56 bits per heavy atom. The first kappa shape index (κ1) is 13.6. The number of nitrogens with one attached hydrogen (secondary N) is 1. The molecule has 2 N–H and O–H groups in total. The molecule has 94 valence electrons. The van der Waals surface area contributed by atoms with Gasteiger partial charge >= 0.3 is 0 Å². The lowest BCUT2D eigenvalue weighted by molar-refractivity contribution is 0.0951. The van der Waals surface area contributed by atoms with Crippen molar-refractivity contribution in [1.82, 2.24) is 5.32 Å². The second kappa shape index (κ2) is 5.86. The molecule has 0 spiro atoms. The fraction of sp³-hybridized carbons (Fsp3) is 0.0833. The van der Waals surface area contributed by atoms with Crippen LogP contribution in [0.15, 0.2) is 37.9 Å². The van der Waals surface area contributed by atoms with Gasteiger partial charge in [0.2, 0.25) is 0 Å². The van der Waals surface area contributed by atoms with E-state index in [-0.39, 0.29) is 11.7 Å². The van der Waals surface area contributed by atoms with Crippen molar-refractivity contribution < 1.29 is 9.90 Å². The third kappa shape index (κ3) is 3.13. The highest BCUT2D eigenvalue weighted by atomic mass is 79.9. The number of phenols is 1. The van der Waals surface area contributed by atoms with Gasteiger partial charge in [0.1, 0.15) is 5.75 Å². The molecule has 1 aromatic heterocycles. The molecule has 1 aromatic carbocycles. The van der Waals surface area contributed by atoms with Crippen molar-refractivity contribution in [3.8, 4) is 5.75 Å². The van der Waals surface area contributed by atoms with Gasteiger partial charge in [0.25, 0.3) is 5.91 Å². The average molecular weight is 391 g/mol. The molecule has 0 saturated carbocycles. The molecule has 1 amide bonds. The molecule has 0 aliphatic carbocycles. The maximum Gasteiger partial charge on any atom is 0.251 e. The minimum atomic E-state index is -0.178. The number of amides is 1. The van der Waals surface area contributed by atoms with Gasteiger partial charge < -0.3 is 10.4 Å². The van der Waals surface area contributed by atoms with E-state index in [2.05, 4.69) is 37.2 Å². The fourth-order valence-electron chi connectivity index (χ4n) is 1.37. The zero-order valence-corrected chi connectivity index (χ0v) is 13.1. The van der Waals surface area contributed by atoms with Crippen LogP contribution in [0.1, 0.15) is 15.9 Å². The van der Waals surface area contributed by atoms with Crippen LogP contribution in [0.4, 0.5) is 0 Å². The topological polar surface area (TPSA) is 49.3 Å². The molecular weight excluding hydrogens is 382 g/mol. The van der Waals surface area contributed by atoms with Crippen LogP contribution in [0.5, 0.6) is 5.75 Å². The minimum absolute atomic E-state index is 0.0874. The summed E-state index contributed by atoms with van der Waals surface area (Å²) < 4.78 is 0.968. The average Bonchev–Trinajstić information content (AvgIpc) is 2.85. The molecule has 0 saturated heterocycles. The molecule has 0 aliphatic heterocycles. The van der Waals surface area contributed by atoms with Gasteiger partial charge in [0.05, 0.1) is 8.95 Å². The highest BCUT2D eigenvalue weighted by Crippen LogP contribution is 2.33. The molecule has 2 aromatic rings. The number of carbonyl (C=O) groups is 1. The summed E-state index contributed by atoms with van der Waals surface area (Å²) in [6.07, 6.45) is 0. The summed E-state index contributed by atoms with van der Waals surface area (Å²) in [5.41, 5.74) is 1.56. The molecule has 3 nitrogen and oxygen atoms in total. The van der Waals surface area contributed by atoms with Crippen molar-refractivity contribution in [3.05, 3.63) is 49.0 Å². The molecule has 18 heavy (non-hydrogen) atoms. The van der Waals surface area contributed by atoms with E-state index in [1.54, 1.807) is 23.5 Å². The molecule has 1 heterocycles. The van der Waals surface area contributed by atoms with E-state index in [1.807, 2.05) is 16.8 Å².